The molecule has 0 radical (unpaired) electrons. The summed E-state index contributed by atoms with van der Waals surface area (Å²) in [4.78, 5) is 38.1. The van der Waals surface area contributed by atoms with E-state index in [1.807, 2.05) is 0 Å². The summed E-state index contributed by atoms with van der Waals surface area (Å²) < 4.78 is 55.9. The quantitative estimate of drug-likeness (QED) is 0.489. The molecule has 13 heteroatoms. The maximum Gasteiger partial charge on any atom is 0.255 e. The van der Waals surface area contributed by atoms with E-state index in [4.69, 9.17) is 11.6 Å². The van der Waals surface area contributed by atoms with E-state index in [2.05, 4.69) is 10.6 Å². The largest absolute Gasteiger partial charge is 0.326 e. The number of nitrogens with zero attached hydrogens (tertiary/aromatic N) is 2. The van der Waals surface area contributed by atoms with Gasteiger partial charge < -0.3 is 10.6 Å². The van der Waals surface area contributed by atoms with E-state index < -0.39 is 56.6 Å². The molecule has 37 heavy (non-hydrogen) atoms. The third-order valence-corrected chi connectivity index (χ3v) is 7.40. The predicted octanol–water partition coefficient (Wildman–Crippen LogP) is 2.85. The van der Waals surface area contributed by atoms with Crippen LogP contribution in [0.15, 0.2) is 65.6 Å². The first kappa shape index (κ1) is 26.5. The minimum absolute atomic E-state index is 0.0945. The van der Waals surface area contributed by atoms with Crippen LogP contribution in [0, 0.1) is 23.5 Å². The molecule has 3 aromatic rings. The van der Waals surface area contributed by atoms with Gasteiger partial charge in [0.25, 0.3) is 5.56 Å². The maximum absolute atomic E-state index is 14.9. The molecule has 1 saturated heterocycles. The average Bonchev–Trinajstić information content (AvgIpc) is 3.30. The summed E-state index contributed by atoms with van der Waals surface area (Å²) in [5.74, 6) is -6.27. The highest BCUT2D eigenvalue weighted by atomic mass is 35.5. The summed E-state index contributed by atoms with van der Waals surface area (Å²) in [6, 6.07) is 12.1. The van der Waals surface area contributed by atoms with Crippen LogP contribution in [-0.2, 0) is 19.6 Å². The molecule has 0 unspecified atom stereocenters. The van der Waals surface area contributed by atoms with Crippen molar-refractivity contribution in [3.8, 4) is 5.69 Å². The van der Waals surface area contributed by atoms with Crippen LogP contribution in [0.25, 0.3) is 5.69 Å². The molecule has 0 spiro atoms. The average molecular weight is 551 g/mol. The van der Waals surface area contributed by atoms with Crippen molar-refractivity contribution < 1.29 is 26.8 Å². The molecule has 194 valence electrons. The summed E-state index contributed by atoms with van der Waals surface area (Å²) in [6.45, 7) is -0.652. The third kappa shape index (κ3) is 5.87. The molecule has 0 bridgehead atoms. The number of carbonyl (C=O) groups excluding carboxylic acids is 2. The fraction of sp³-hybridized carbons (Fsp3) is 0.208. The smallest absolute Gasteiger partial charge is 0.255 e. The number of anilines is 2. The normalized spacial score (nSPS) is 17.9. The number of aromatic nitrogens is 1. The number of sulfonamides is 1. The standard InChI is InChI=1S/C24H21ClF2N4O5S/c1-37(35,36)30-12-17(23(33)28-15-7-5-14(25)6-8-15)18(13-30)24(34)29-22-19(26)10-16(11-20(22)27)31-9-3-2-4-21(31)32/h2-11,17-18H,12-13H2,1H3,(H,28,33)(H,29,34)/t17-,18-/m0/s1. The number of halogens is 3. The van der Waals surface area contributed by atoms with Gasteiger partial charge in [-0.1, -0.05) is 17.7 Å². The van der Waals surface area contributed by atoms with Gasteiger partial charge in [0, 0.05) is 48.2 Å². The van der Waals surface area contributed by atoms with Crippen LogP contribution in [0.3, 0.4) is 0 Å². The molecule has 1 aliphatic rings. The molecule has 2 heterocycles. The van der Waals surface area contributed by atoms with E-state index in [0.29, 0.717) is 10.7 Å². The SMILES string of the molecule is CS(=O)(=O)N1C[C@H](C(=O)Nc2ccc(Cl)cc2)[C@@H](C(=O)Nc2c(F)cc(-n3ccccc3=O)cc2F)C1. The number of hydrogen-bond acceptors (Lipinski definition) is 5. The zero-order valence-electron chi connectivity index (χ0n) is 19.3. The molecule has 1 aliphatic heterocycles. The first-order chi connectivity index (χ1) is 17.4. The van der Waals surface area contributed by atoms with Crippen LogP contribution < -0.4 is 16.2 Å². The van der Waals surface area contributed by atoms with Crippen molar-refractivity contribution in [2.75, 3.05) is 30.0 Å². The van der Waals surface area contributed by atoms with E-state index in [9.17, 15) is 31.6 Å². The fourth-order valence-corrected chi connectivity index (χ4v) is 5.00. The van der Waals surface area contributed by atoms with Crippen LogP contribution in [0.2, 0.25) is 5.02 Å². The van der Waals surface area contributed by atoms with Crippen molar-refractivity contribution in [3.05, 3.63) is 87.8 Å². The Hall–Kier alpha value is -3.61. The number of pyridine rings is 1. The van der Waals surface area contributed by atoms with Gasteiger partial charge in [0.05, 0.1) is 23.8 Å². The Labute approximate surface area is 215 Å². The van der Waals surface area contributed by atoms with Crippen LogP contribution in [0.4, 0.5) is 20.2 Å². The van der Waals surface area contributed by atoms with Gasteiger partial charge in [-0.05, 0) is 30.3 Å². The van der Waals surface area contributed by atoms with Gasteiger partial charge in [-0.15, -0.1) is 0 Å². The first-order valence-corrected chi connectivity index (χ1v) is 13.2. The molecular formula is C24H21ClF2N4O5S. The molecule has 2 N–H and O–H groups in total. The molecule has 0 aliphatic carbocycles. The number of carbonyl (C=O) groups is 2. The van der Waals surface area contributed by atoms with Crippen molar-refractivity contribution in [2.45, 2.75) is 0 Å². The second-order valence-electron chi connectivity index (χ2n) is 8.47. The Kier molecular flexibility index (Phi) is 7.44. The Morgan fingerprint density at radius 1 is 0.946 bits per heavy atom. The lowest BCUT2D eigenvalue weighted by atomic mass is 9.94. The first-order valence-electron chi connectivity index (χ1n) is 10.9. The molecular weight excluding hydrogens is 530 g/mol. The summed E-state index contributed by atoms with van der Waals surface area (Å²) in [5.41, 5.74) is -1.02. The fourth-order valence-electron chi connectivity index (χ4n) is 4.01. The number of hydrogen-bond donors (Lipinski definition) is 2. The predicted molar refractivity (Wildman–Crippen MR) is 134 cm³/mol. The zero-order chi connectivity index (χ0) is 26.9. The lowest BCUT2D eigenvalue weighted by Crippen LogP contribution is -2.36. The van der Waals surface area contributed by atoms with E-state index >= 15 is 0 Å². The Morgan fingerprint density at radius 3 is 2.05 bits per heavy atom. The summed E-state index contributed by atoms with van der Waals surface area (Å²) in [6.07, 6.45) is 2.27. The maximum atomic E-state index is 14.9. The van der Waals surface area contributed by atoms with Crippen LogP contribution in [0.1, 0.15) is 0 Å². The highest BCUT2D eigenvalue weighted by molar-refractivity contribution is 7.88. The van der Waals surface area contributed by atoms with Gasteiger partial charge in [0.2, 0.25) is 21.8 Å². The van der Waals surface area contributed by atoms with Crippen molar-refractivity contribution >= 4 is 44.8 Å². The Balaban J connectivity index is 1.59. The highest BCUT2D eigenvalue weighted by Crippen LogP contribution is 2.30. The molecule has 2 amide bonds. The van der Waals surface area contributed by atoms with E-state index in [1.165, 1.54) is 48.7 Å². The number of rotatable bonds is 6. The molecule has 2 aromatic carbocycles. The van der Waals surface area contributed by atoms with Crippen molar-refractivity contribution in [1.82, 2.24) is 8.87 Å². The zero-order valence-corrected chi connectivity index (χ0v) is 20.9. The molecule has 0 saturated carbocycles. The van der Waals surface area contributed by atoms with Crippen molar-refractivity contribution in [3.63, 3.8) is 0 Å². The van der Waals surface area contributed by atoms with Crippen LogP contribution >= 0.6 is 11.6 Å². The third-order valence-electron chi connectivity index (χ3n) is 5.92. The van der Waals surface area contributed by atoms with Crippen LogP contribution in [0.5, 0.6) is 0 Å². The Morgan fingerprint density at radius 2 is 1.51 bits per heavy atom. The molecule has 1 aromatic heterocycles. The number of nitrogens with one attached hydrogen (secondary N) is 2. The minimum Gasteiger partial charge on any atom is -0.326 e. The lowest BCUT2D eigenvalue weighted by molar-refractivity contribution is -0.127. The Bertz CT molecular complexity index is 1510. The van der Waals surface area contributed by atoms with Gasteiger partial charge in [-0.25, -0.2) is 21.5 Å². The second-order valence-corrected chi connectivity index (χ2v) is 10.9. The molecule has 2 atom stereocenters. The lowest BCUT2D eigenvalue weighted by Gasteiger charge is -2.18. The van der Waals surface area contributed by atoms with Gasteiger partial charge in [0.1, 0.15) is 5.69 Å². The second kappa shape index (κ2) is 10.4. The van der Waals surface area contributed by atoms with Gasteiger partial charge in [-0.2, -0.15) is 0 Å². The highest BCUT2D eigenvalue weighted by Gasteiger charge is 2.45. The molecule has 4 rings (SSSR count). The molecule has 1 fully saturated rings. The minimum atomic E-state index is -3.77. The van der Waals surface area contributed by atoms with E-state index in [0.717, 1.165) is 27.3 Å². The number of benzene rings is 2. The van der Waals surface area contributed by atoms with Crippen LogP contribution in [-0.4, -0.2) is 48.4 Å². The van der Waals surface area contributed by atoms with Gasteiger partial charge in [-0.3, -0.25) is 19.0 Å². The van der Waals surface area contributed by atoms with Crippen molar-refractivity contribution in [2.24, 2.45) is 11.8 Å². The van der Waals surface area contributed by atoms with Gasteiger partial charge >= 0.3 is 0 Å². The topological polar surface area (TPSA) is 118 Å². The monoisotopic (exact) mass is 550 g/mol. The van der Waals surface area contributed by atoms with Gasteiger partial charge in [0.15, 0.2) is 11.6 Å². The van der Waals surface area contributed by atoms with Crippen molar-refractivity contribution in [1.29, 1.82) is 0 Å². The van der Waals surface area contributed by atoms with E-state index in [-0.39, 0.29) is 18.8 Å². The number of amides is 2. The molecule has 9 nitrogen and oxygen atoms in total. The van der Waals surface area contributed by atoms with E-state index in [1.54, 1.807) is 0 Å². The summed E-state index contributed by atoms with van der Waals surface area (Å²) in [7, 11) is -3.77. The summed E-state index contributed by atoms with van der Waals surface area (Å²) >= 11 is 5.85. The summed E-state index contributed by atoms with van der Waals surface area (Å²) in [5, 5.41) is 5.19.